The number of carboxylic acid groups (broad SMARTS) is 1. The van der Waals surface area contributed by atoms with Gasteiger partial charge in [0.15, 0.2) is 0 Å². The molecule has 0 saturated carbocycles. The average Bonchev–Trinajstić information content (AvgIpc) is 2.64. The number of nitrogens with zero attached hydrogens (tertiary/aromatic N) is 1. The quantitative estimate of drug-likeness (QED) is 0.565. The molecule has 1 saturated heterocycles. The van der Waals surface area contributed by atoms with E-state index in [-0.39, 0.29) is 24.3 Å². The molecular weight excluding hydrogens is 330 g/mol. The third-order valence-corrected chi connectivity index (χ3v) is 5.14. The maximum atomic E-state index is 11.6. The van der Waals surface area contributed by atoms with E-state index >= 15 is 0 Å². The number of nitrogens with one attached hydrogen (secondary N) is 1. The molecule has 1 amide bonds. The minimum absolute atomic E-state index is 0.0601. The molecule has 0 radical (unpaired) electrons. The number of hydrogen-bond acceptors (Lipinski definition) is 4. The van der Waals surface area contributed by atoms with E-state index in [2.05, 4.69) is 53.6 Å². The maximum Gasteiger partial charge on any atom is 0.290 e. The highest BCUT2D eigenvalue weighted by Gasteiger charge is 2.30. The molecule has 1 fully saturated rings. The fourth-order valence-electron chi connectivity index (χ4n) is 3.68. The van der Waals surface area contributed by atoms with Crippen molar-refractivity contribution in [1.29, 1.82) is 0 Å². The van der Waals surface area contributed by atoms with Crippen molar-refractivity contribution < 1.29 is 14.7 Å². The molecule has 3 rings (SSSR count). The lowest BCUT2D eigenvalue weighted by Gasteiger charge is -2.37. The zero-order chi connectivity index (χ0) is 18.9. The van der Waals surface area contributed by atoms with Gasteiger partial charge in [-0.15, -0.1) is 0 Å². The second kappa shape index (κ2) is 9.97. The van der Waals surface area contributed by atoms with Gasteiger partial charge in [-0.05, 0) is 44.7 Å². The van der Waals surface area contributed by atoms with Crippen molar-refractivity contribution in [2.75, 3.05) is 18.0 Å². The largest absolute Gasteiger partial charge is 0.483 e. The van der Waals surface area contributed by atoms with Gasteiger partial charge in [-0.3, -0.25) is 9.59 Å². The molecule has 0 unspecified atom stereocenters. The summed E-state index contributed by atoms with van der Waals surface area (Å²) < 4.78 is 0. The van der Waals surface area contributed by atoms with Gasteiger partial charge in [0.2, 0.25) is 5.91 Å². The standard InChI is InChI=1S/C19H27N3O.CH2O2/c1-14-6-8-16(9-7-14)22-12-10-15(11-13-22)21-18-5-3-2-4-17(18)19(20)23;2-1-3/h2-3,6-9,15,17-18,21H,4-5,10-13H2,1H3,(H2,20,23);1H,(H,2,3)/t17-,18-;/m1./s1. The molecule has 6 heteroatoms. The first-order valence-electron chi connectivity index (χ1n) is 9.15. The Hall–Kier alpha value is -2.34. The second-order valence-electron chi connectivity index (χ2n) is 6.93. The number of nitrogens with two attached hydrogens (primary N) is 1. The Kier molecular flexibility index (Phi) is 7.66. The van der Waals surface area contributed by atoms with Crippen LogP contribution in [0, 0.1) is 12.8 Å². The average molecular weight is 359 g/mol. The van der Waals surface area contributed by atoms with Crippen LogP contribution in [-0.2, 0) is 9.59 Å². The van der Waals surface area contributed by atoms with Crippen LogP contribution in [0.3, 0.4) is 0 Å². The van der Waals surface area contributed by atoms with Gasteiger partial charge in [0.25, 0.3) is 6.47 Å². The summed E-state index contributed by atoms with van der Waals surface area (Å²) in [5, 5.41) is 10.6. The van der Waals surface area contributed by atoms with Crippen molar-refractivity contribution in [2.45, 2.75) is 44.7 Å². The minimum atomic E-state index is -0.250. The number of piperidine rings is 1. The third kappa shape index (κ3) is 5.59. The molecule has 1 aliphatic carbocycles. The normalized spacial score (nSPS) is 23.0. The van der Waals surface area contributed by atoms with E-state index in [1.165, 1.54) is 11.3 Å². The van der Waals surface area contributed by atoms with E-state index in [9.17, 15) is 4.79 Å². The molecule has 26 heavy (non-hydrogen) atoms. The van der Waals surface area contributed by atoms with Gasteiger partial charge in [-0.2, -0.15) is 0 Å². The van der Waals surface area contributed by atoms with Crippen LogP contribution in [0.5, 0.6) is 0 Å². The summed E-state index contributed by atoms with van der Waals surface area (Å²) in [4.78, 5) is 22.4. The van der Waals surface area contributed by atoms with Crippen LogP contribution >= 0.6 is 0 Å². The fraction of sp³-hybridized carbons (Fsp3) is 0.500. The number of primary amides is 1. The van der Waals surface area contributed by atoms with Crippen LogP contribution in [0.15, 0.2) is 36.4 Å². The van der Waals surface area contributed by atoms with Gasteiger partial charge in [0, 0.05) is 30.9 Å². The van der Waals surface area contributed by atoms with Crippen LogP contribution < -0.4 is 16.0 Å². The van der Waals surface area contributed by atoms with Gasteiger partial charge in [-0.1, -0.05) is 29.8 Å². The van der Waals surface area contributed by atoms with Crippen LogP contribution in [-0.4, -0.2) is 42.7 Å². The molecule has 1 aromatic carbocycles. The predicted octanol–water partition coefficient (Wildman–Crippen LogP) is 2.07. The number of allylic oxidation sites excluding steroid dienone is 1. The van der Waals surface area contributed by atoms with E-state index in [0.29, 0.717) is 6.04 Å². The summed E-state index contributed by atoms with van der Waals surface area (Å²) >= 11 is 0. The number of carbonyl (C=O) groups excluding carboxylic acids is 1. The van der Waals surface area contributed by atoms with Crippen LogP contribution in [0.2, 0.25) is 0 Å². The number of carbonyl (C=O) groups is 2. The molecule has 4 N–H and O–H groups in total. The summed E-state index contributed by atoms with van der Waals surface area (Å²) in [5.74, 6) is -0.237. The van der Waals surface area contributed by atoms with Crippen LogP contribution in [0.25, 0.3) is 0 Å². The lowest BCUT2D eigenvalue weighted by molar-refractivity contribution is -0.123. The molecule has 2 aliphatic rings. The number of anilines is 1. The third-order valence-electron chi connectivity index (χ3n) is 5.14. The summed E-state index contributed by atoms with van der Waals surface area (Å²) in [5.41, 5.74) is 8.16. The molecule has 0 aromatic heterocycles. The Morgan fingerprint density at radius 1 is 1.19 bits per heavy atom. The first-order chi connectivity index (χ1) is 12.5. The lowest BCUT2D eigenvalue weighted by Crippen LogP contribution is -2.51. The molecule has 0 spiro atoms. The van der Waals surface area contributed by atoms with E-state index in [1.807, 2.05) is 0 Å². The topological polar surface area (TPSA) is 95.7 Å². The molecule has 2 atom stereocenters. The summed E-state index contributed by atoms with van der Waals surface area (Å²) in [6, 6.07) is 9.44. The Bertz CT molecular complexity index is 607. The van der Waals surface area contributed by atoms with Crippen molar-refractivity contribution >= 4 is 18.1 Å². The number of amides is 1. The highest BCUT2D eigenvalue weighted by molar-refractivity contribution is 5.77. The second-order valence-corrected chi connectivity index (χ2v) is 6.93. The zero-order valence-corrected chi connectivity index (χ0v) is 15.3. The molecule has 6 nitrogen and oxygen atoms in total. The number of hydrogen-bond donors (Lipinski definition) is 3. The monoisotopic (exact) mass is 359 g/mol. The van der Waals surface area contributed by atoms with Gasteiger partial charge in [-0.25, -0.2) is 0 Å². The summed E-state index contributed by atoms with van der Waals surface area (Å²) in [6.45, 7) is 3.99. The van der Waals surface area contributed by atoms with Crippen molar-refractivity contribution in [3.63, 3.8) is 0 Å². The maximum absolute atomic E-state index is 11.6. The van der Waals surface area contributed by atoms with Crippen molar-refractivity contribution in [2.24, 2.45) is 11.7 Å². The summed E-state index contributed by atoms with van der Waals surface area (Å²) in [6.07, 6.45) is 8.15. The Morgan fingerprint density at radius 2 is 1.77 bits per heavy atom. The van der Waals surface area contributed by atoms with E-state index in [4.69, 9.17) is 15.6 Å². The number of rotatable bonds is 4. The van der Waals surface area contributed by atoms with E-state index in [0.717, 1.165) is 38.8 Å². The molecular formula is C20H29N3O3. The number of benzene rings is 1. The first-order valence-corrected chi connectivity index (χ1v) is 9.15. The van der Waals surface area contributed by atoms with Gasteiger partial charge in [0.1, 0.15) is 0 Å². The zero-order valence-electron chi connectivity index (χ0n) is 15.3. The number of aryl methyl sites for hydroxylation is 1. The van der Waals surface area contributed by atoms with Crippen LogP contribution in [0.1, 0.15) is 31.2 Å². The smallest absolute Gasteiger partial charge is 0.290 e. The van der Waals surface area contributed by atoms with E-state index in [1.54, 1.807) is 0 Å². The molecule has 0 bridgehead atoms. The molecule has 1 aromatic rings. The highest BCUT2D eigenvalue weighted by Crippen LogP contribution is 2.24. The van der Waals surface area contributed by atoms with Crippen LogP contribution in [0.4, 0.5) is 5.69 Å². The molecule has 1 heterocycles. The minimum Gasteiger partial charge on any atom is -0.483 e. The van der Waals surface area contributed by atoms with Crippen molar-refractivity contribution in [3.8, 4) is 0 Å². The molecule has 142 valence electrons. The Morgan fingerprint density at radius 3 is 2.35 bits per heavy atom. The van der Waals surface area contributed by atoms with Gasteiger partial charge < -0.3 is 21.1 Å². The predicted molar refractivity (Wildman–Crippen MR) is 103 cm³/mol. The van der Waals surface area contributed by atoms with Gasteiger partial charge in [0.05, 0.1) is 5.92 Å². The fourth-order valence-corrected chi connectivity index (χ4v) is 3.68. The summed E-state index contributed by atoms with van der Waals surface area (Å²) in [7, 11) is 0. The van der Waals surface area contributed by atoms with Crippen molar-refractivity contribution in [3.05, 3.63) is 42.0 Å². The highest BCUT2D eigenvalue weighted by atomic mass is 16.3. The van der Waals surface area contributed by atoms with Gasteiger partial charge >= 0.3 is 0 Å². The lowest BCUT2D eigenvalue weighted by atomic mass is 9.87. The Labute approximate surface area is 155 Å². The van der Waals surface area contributed by atoms with Crippen molar-refractivity contribution in [1.82, 2.24) is 5.32 Å². The first kappa shape index (κ1) is 20.0. The SMILES string of the molecule is Cc1ccc(N2CCC(N[C@@H]3CC=CC[C@H]3C(N)=O)CC2)cc1.O=CO. The molecule has 1 aliphatic heterocycles. The van der Waals surface area contributed by atoms with E-state index < -0.39 is 0 Å². The Balaban J connectivity index is 0.000000758.